The van der Waals surface area contributed by atoms with E-state index in [9.17, 15) is 0 Å². The Morgan fingerprint density at radius 2 is 0.714 bits per heavy atom. The molecule has 0 atom stereocenters. The van der Waals surface area contributed by atoms with Crippen LogP contribution in [0.2, 0.25) is 0 Å². The van der Waals surface area contributed by atoms with Gasteiger partial charge in [-0.1, -0.05) is 19.7 Å². The topological polar surface area (TPSA) is 83.1 Å². The van der Waals surface area contributed by atoms with Crippen molar-refractivity contribution in [1.82, 2.24) is 0 Å². The van der Waals surface area contributed by atoms with Crippen molar-refractivity contribution in [3.05, 3.63) is 38.5 Å². The molecule has 0 rings (SSSR count). The third-order valence-electron chi connectivity index (χ3n) is 2.83. The molecule has 0 aromatic heterocycles. The summed E-state index contributed by atoms with van der Waals surface area (Å²) in [5.74, 6) is 0. The highest BCUT2D eigenvalue weighted by atomic mass is 27.3. The molecule has 0 saturated heterocycles. The molecule has 0 aliphatic heterocycles. The van der Waals surface area contributed by atoms with Crippen LogP contribution in [0.5, 0.6) is 0 Å². The maximum absolute atomic E-state index is 5.66. The highest BCUT2D eigenvalue weighted by Crippen LogP contribution is 1.95. The van der Waals surface area contributed by atoms with Crippen molar-refractivity contribution in [1.29, 1.82) is 0 Å². The van der Waals surface area contributed by atoms with Gasteiger partial charge in [0, 0.05) is 19.8 Å². The molecule has 0 aromatic carbocycles. The van der Waals surface area contributed by atoms with Crippen LogP contribution in [0.25, 0.3) is 0 Å². The van der Waals surface area contributed by atoms with Gasteiger partial charge in [-0.3, -0.25) is 0 Å². The smallest absolute Gasteiger partial charge is 0.499 e. The first-order valence-electron chi connectivity index (χ1n) is 9.10. The zero-order chi connectivity index (χ0) is 20.5. The maximum atomic E-state index is 5.66. The van der Waals surface area contributed by atoms with E-state index >= 15 is 0 Å². The summed E-state index contributed by atoms with van der Waals surface area (Å²) < 4.78 is 48.0. The first kappa shape index (κ1) is 26.9. The summed E-state index contributed by atoms with van der Waals surface area (Å²) in [6.45, 7) is 15.5. The molecular formula is C18H33AlO9. The number of hydrogen-bond donors (Lipinski definition) is 0. The Bertz CT molecular complexity index is 306. The zero-order valence-electron chi connectivity index (χ0n) is 16.6. The lowest BCUT2D eigenvalue weighted by molar-refractivity contribution is 0.00834. The van der Waals surface area contributed by atoms with Crippen LogP contribution < -0.4 is 0 Å². The Kier molecular flexibility index (Phi) is 23.0. The molecular weight excluding hydrogens is 387 g/mol. The molecule has 0 bridgehead atoms. The summed E-state index contributed by atoms with van der Waals surface area (Å²) in [7, 11) is 0. The Morgan fingerprint density at radius 3 is 1.00 bits per heavy atom. The predicted octanol–water partition coefficient (Wildman–Crippen LogP) is 1.55. The van der Waals surface area contributed by atoms with Crippen LogP contribution >= 0.6 is 0 Å². The fourth-order valence-corrected chi connectivity index (χ4v) is 2.79. The van der Waals surface area contributed by atoms with Gasteiger partial charge >= 0.3 is 15.1 Å². The molecule has 10 heteroatoms. The predicted molar refractivity (Wildman–Crippen MR) is 105 cm³/mol. The highest BCUT2D eigenvalue weighted by Gasteiger charge is 2.30. The highest BCUT2D eigenvalue weighted by molar-refractivity contribution is 6.36. The van der Waals surface area contributed by atoms with Crippen LogP contribution in [0.15, 0.2) is 38.5 Å². The number of hydrogen-bond acceptors (Lipinski definition) is 9. The molecule has 0 amide bonds. The molecule has 28 heavy (non-hydrogen) atoms. The quantitative estimate of drug-likeness (QED) is 0.131. The molecule has 0 aromatic rings. The Hall–Kier alpha value is -1.09. The third-order valence-corrected chi connectivity index (χ3v) is 4.36. The van der Waals surface area contributed by atoms with Crippen LogP contribution in [-0.4, -0.2) is 94.4 Å². The van der Waals surface area contributed by atoms with Crippen LogP contribution in [0.4, 0.5) is 0 Å². The fourth-order valence-electron chi connectivity index (χ4n) is 1.63. The van der Waals surface area contributed by atoms with Crippen LogP contribution in [0.3, 0.4) is 0 Å². The van der Waals surface area contributed by atoms with E-state index in [0.717, 1.165) is 0 Å². The molecule has 9 nitrogen and oxygen atoms in total. The standard InChI is InChI=1S/3C6H11O3.Al/c3*1-2-8-5-6-9-4-3-7;/h3*2H,1,3-6H2;/q3*-1;+3. The minimum Gasteiger partial charge on any atom is -0.499 e. The summed E-state index contributed by atoms with van der Waals surface area (Å²) in [5, 5.41) is 0. The number of rotatable bonds is 24. The molecule has 0 heterocycles. The van der Waals surface area contributed by atoms with Gasteiger partial charge in [0.1, 0.15) is 19.8 Å². The first-order chi connectivity index (χ1) is 13.8. The summed E-state index contributed by atoms with van der Waals surface area (Å²) in [5.41, 5.74) is 0. The van der Waals surface area contributed by atoms with Gasteiger partial charge in [-0.2, -0.15) is 0 Å². The van der Waals surface area contributed by atoms with Crippen LogP contribution in [0.1, 0.15) is 0 Å². The zero-order valence-corrected chi connectivity index (χ0v) is 17.7. The van der Waals surface area contributed by atoms with Gasteiger partial charge < -0.3 is 39.8 Å². The van der Waals surface area contributed by atoms with E-state index in [4.69, 9.17) is 39.8 Å². The van der Waals surface area contributed by atoms with Crippen molar-refractivity contribution in [3.63, 3.8) is 0 Å². The largest absolute Gasteiger partial charge is 0.905 e. The Morgan fingerprint density at radius 1 is 0.429 bits per heavy atom. The van der Waals surface area contributed by atoms with Crippen molar-refractivity contribution in [2.24, 2.45) is 0 Å². The molecule has 0 radical (unpaired) electrons. The van der Waals surface area contributed by atoms with E-state index in [2.05, 4.69) is 19.7 Å². The van der Waals surface area contributed by atoms with Crippen molar-refractivity contribution in [2.45, 2.75) is 0 Å². The molecule has 0 aliphatic carbocycles. The normalized spacial score (nSPS) is 10.3. The second kappa shape index (κ2) is 24.0. The van der Waals surface area contributed by atoms with Gasteiger partial charge in [0.25, 0.3) is 0 Å². The SMILES string of the molecule is C=COCCOCC[O][Al]([O]CCOCCOC=C)[O]CCOCCOC=C. The first-order valence-corrected chi connectivity index (χ1v) is 10.5. The lowest BCUT2D eigenvalue weighted by Gasteiger charge is -2.14. The summed E-state index contributed by atoms with van der Waals surface area (Å²) >= 11 is -2.31. The molecule has 0 spiro atoms. The minimum absolute atomic E-state index is 0.368. The third kappa shape index (κ3) is 21.2. The van der Waals surface area contributed by atoms with Crippen LogP contribution in [-0.2, 0) is 39.8 Å². The lowest BCUT2D eigenvalue weighted by atomic mass is 10.7. The van der Waals surface area contributed by atoms with Gasteiger partial charge in [0.15, 0.2) is 0 Å². The van der Waals surface area contributed by atoms with E-state index in [1.165, 1.54) is 18.8 Å². The second-order valence-corrected chi connectivity index (χ2v) is 6.43. The summed E-state index contributed by atoms with van der Waals surface area (Å²) in [6.07, 6.45) is 4.13. The molecule has 162 valence electrons. The van der Waals surface area contributed by atoms with E-state index in [0.29, 0.717) is 79.3 Å². The van der Waals surface area contributed by atoms with Gasteiger partial charge in [-0.15, -0.1) is 0 Å². The average molecular weight is 420 g/mol. The Labute approximate surface area is 173 Å². The van der Waals surface area contributed by atoms with Crippen molar-refractivity contribution in [3.8, 4) is 0 Å². The van der Waals surface area contributed by atoms with Gasteiger partial charge in [0.2, 0.25) is 0 Å². The van der Waals surface area contributed by atoms with Crippen molar-refractivity contribution >= 4 is 15.1 Å². The lowest BCUT2D eigenvalue weighted by Crippen LogP contribution is -2.31. The van der Waals surface area contributed by atoms with E-state index in [1.54, 1.807) is 0 Å². The molecule has 0 N–H and O–H groups in total. The fraction of sp³-hybridized carbons (Fsp3) is 0.667. The van der Waals surface area contributed by atoms with Crippen molar-refractivity contribution < 1.29 is 39.8 Å². The second-order valence-electron chi connectivity index (χ2n) is 4.85. The van der Waals surface area contributed by atoms with Crippen LogP contribution in [0, 0.1) is 0 Å². The van der Waals surface area contributed by atoms with E-state index < -0.39 is 15.1 Å². The monoisotopic (exact) mass is 420 g/mol. The average Bonchev–Trinajstić information content (AvgIpc) is 2.71. The maximum Gasteiger partial charge on any atom is 0.905 e. The molecule has 0 saturated carbocycles. The Balaban J connectivity index is 3.83. The number of ether oxygens (including phenoxy) is 6. The van der Waals surface area contributed by atoms with Gasteiger partial charge in [-0.05, 0) is 0 Å². The summed E-state index contributed by atoms with van der Waals surface area (Å²) in [4.78, 5) is 0. The van der Waals surface area contributed by atoms with E-state index in [1.807, 2.05) is 0 Å². The minimum atomic E-state index is -2.31. The van der Waals surface area contributed by atoms with Gasteiger partial charge in [-0.25, -0.2) is 0 Å². The molecule has 0 fully saturated rings. The van der Waals surface area contributed by atoms with Gasteiger partial charge in [0.05, 0.1) is 58.4 Å². The van der Waals surface area contributed by atoms with Crippen molar-refractivity contribution in [2.75, 3.05) is 79.3 Å². The molecule has 0 unspecified atom stereocenters. The molecule has 0 aliphatic rings. The van der Waals surface area contributed by atoms with E-state index in [-0.39, 0.29) is 0 Å². The summed E-state index contributed by atoms with van der Waals surface area (Å²) in [6, 6.07) is 0.